The lowest BCUT2D eigenvalue weighted by Crippen LogP contribution is -2.36. The standard InChI is InChI=1S/C11H10BrN5O2S/c12-7-4-2-1-3-6(7)9-15-11(17-16-9)20-5-8(18)14-10(13)19/h1-4H,5H2,(H,15,16,17)(H3,13,14,18,19). The van der Waals surface area contributed by atoms with Crippen molar-refractivity contribution in [1.82, 2.24) is 20.5 Å². The summed E-state index contributed by atoms with van der Waals surface area (Å²) in [7, 11) is 0. The molecule has 0 unspecified atom stereocenters. The van der Waals surface area contributed by atoms with Gasteiger partial charge in [0.25, 0.3) is 0 Å². The van der Waals surface area contributed by atoms with Gasteiger partial charge in [-0.15, -0.1) is 5.10 Å². The zero-order valence-electron chi connectivity index (χ0n) is 10.1. The van der Waals surface area contributed by atoms with Crippen molar-refractivity contribution in [1.29, 1.82) is 0 Å². The Kier molecular flexibility index (Phi) is 4.74. The minimum absolute atomic E-state index is 0.0101. The van der Waals surface area contributed by atoms with E-state index in [4.69, 9.17) is 5.73 Å². The van der Waals surface area contributed by atoms with Gasteiger partial charge >= 0.3 is 6.03 Å². The van der Waals surface area contributed by atoms with Crippen LogP contribution in [0.1, 0.15) is 0 Å². The molecular formula is C11H10BrN5O2S. The molecule has 0 atom stereocenters. The van der Waals surface area contributed by atoms with Gasteiger partial charge in [-0.1, -0.05) is 45.9 Å². The highest BCUT2D eigenvalue weighted by Crippen LogP contribution is 2.26. The van der Waals surface area contributed by atoms with Crippen LogP contribution in [0.4, 0.5) is 4.79 Å². The number of carbonyl (C=O) groups excluding carboxylic acids is 2. The van der Waals surface area contributed by atoms with E-state index in [-0.39, 0.29) is 5.75 Å². The number of nitrogens with zero attached hydrogens (tertiary/aromatic N) is 2. The summed E-state index contributed by atoms with van der Waals surface area (Å²) in [5, 5.41) is 9.17. The van der Waals surface area contributed by atoms with Crippen LogP contribution in [-0.2, 0) is 4.79 Å². The molecule has 104 valence electrons. The summed E-state index contributed by atoms with van der Waals surface area (Å²) in [6.45, 7) is 0. The molecule has 0 fully saturated rings. The quantitative estimate of drug-likeness (QED) is 0.719. The first-order valence-corrected chi connectivity index (χ1v) is 7.23. The summed E-state index contributed by atoms with van der Waals surface area (Å²) < 4.78 is 0.888. The summed E-state index contributed by atoms with van der Waals surface area (Å²) in [4.78, 5) is 26.0. The van der Waals surface area contributed by atoms with E-state index in [9.17, 15) is 9.59 Å². The number of hydrogen-bond donors (Lipinski definition) is 3. The number of urea groups is 1. The van der Waals surface area contributed by atoms with Gasteiger partial charge < -0.3 is 5.73 Å². The lowest BCUT2D eigenvalue weighted by atomic mass is 10.2. The van der Waals surface area contributed by atoms with E-state index in [0.717, 1.165) is 21.8 Å². The van der Waals surface area contributed by atoms with Crippen molar-refractivity contribution in [2.45, 2.75) is 5.16 Å². The van der Waals surface area contributed by atoms with Crippen molar-refractivity contribution in [3.63, 3.8) is 0 Å². The van der Waals surface area contributed by atoms with Crippen LogP contribution in [0.15, 0.2) is 33.9 Å². The van der Waals surface area contributed by atoms with Crippen LogP contribution in [0, 0.1) is 0 Å². The summed E-state index contributed by atoms with van der Waals surface area (Å²) in [6, 6.07) is 6.69. The lowest BCUT2D eigenvalue weighted by molar-refractivity contribution is -0.117. The molecule has 2 aromatic rings. The Morgan fingerprint density at radius 1 is 1.40 bits per heavy atom. The number of amides is 3. The largest absolute Gasteiger partial charge is 0.351 e. The van der Waals surface area contributed by atoms with Crippen LogP contribution in [-0.4, -0.2) is 32.9 Å². The van der Waals surface area contributed by atoms with E-state index in [0.29, 0.717) is 11.0 Å². The molecular weight excluding hydrogens is 346 g/mol. The second-order valence-electron chi connectivity index (χ2n) is 3.65. The molecule has 9 heteroatoms. The van der Waals surface area contributed by atoms with Crippen molar-refractivity contribution in [2.75, 3.05) is 5.75 Å². The Morgan fingerprint density at radius 3 is 2.85 bits per heavy atom. The number of halogens is 1. The highest BCUT2D eigenvalue weighted by molar-refractivity contribution is 9.10. The summed E-state index contributed by atoms with van der Waals surface area (Å²) in [5.41, 5.74) is 5.71. The Balaban J connectivity index is 2.01. The minimum Gasteiger partial charge on any atom is -0.351 e. The number of primary amides is 1. The maximum atomic E-state index is 11.3. The molecule has 0 bridgehead atoms. The van der Waals surface area contributed by atoms with Crippen molar-refractivity contribution in [2.24, 2.45) is 5.73 Å². The predicted molar refractivity (Wildman–Crippen MR) is 78.0 cm³/mol. The topological polar surface area (TPSA) is 114 Å². The first-order valence-electron chi connectivity index (χ1n) is 5.45. The minimum atomic E-state index is -0.875. The zero-order valence-corrected chi connectivity index (χ0v) is 12.5. The third-order valence-electron chi connectivity index (χ3n) is 2.19. The number of imide groups is 1. The third kappa shape index (κ3) is 3.81. The molecule has 7 nitrogen and oxygen atoms in total. The molecule has 2 rings (SSSR count). The monoisotopic (exact) mass is 355 g/mol. The second kappa shape index (κ2) is 6.53. The number of aromatic nitrogens is 3. The SMILES string of the molecule is NC(=O)NC(=O)CSc1n[nH]c(-c2ccccc2Br)n1. The van der Waals surface area contributed by atoms with Gasteiger partial charge in [0.15, 0.2) is 5.82 Å². The molecule has 1 heterocycles. The van der Waals surface area contributed by atoms with Gasteiger partial charge in [0.05, 0.1) is 5.75 Å². The number of carbonyl (C=O) groups is 2. The molecule has 0 aliphatic rings. The number of aromatic amines is 1. The number of nitrogens with two attached hydrogens (primary N) is 1. The average Bonchev–Trinajstić information content (AvgIpc) is 2.85. The van der Waals surface area contributed by atoms with Gasteiger partial charge in [-0.25, -0.2) is 9.78 Å². The fourth-order valence-electron chi connectivity index (χ4n) is 1.39. The van der Waals surface area contributed by atoms with Crippen LogP contribution in [0.3, 0.4) is 0 Å². The number of thioether (sulfide) groups is 1. The lowest BCUT2D eigenvalue weighted by Gasteiger charge is -1.98. The fourth-order valence-corrected chi connectivity index (χ4v) is 2.46. The summed E-state index contributed by atoms with van der Waals surface area (Å²) in [6.07, 6.45) is 0. The van der Waals surface area contributed by atoms with Crippen LogP contribution in [0.25, 0.3) is 11.4 Å². The number of benzene rings is 1. The molecule has 0 aliphatic carbocycles. The molecule has 1 aromatic carbocycles. The third-order valence-corrected chi connectivity index (χ3v) is 3.73. The van der Waals surface area contributed by atoms with Crippen molar-refractivity contribution >= 4 is 39.6 Å². The van der Waals surface area contributed by atoms with Gasteiger partial charge in [0.2, 0.25) is 11.1 Å². The maximum Gasteiger partial charge on any atom is 0.318 e. The van der Waals surface area contributed by atoms with Gasteiger partial charge in [-0.05, 0) is 6.07 Å². The van der Waals surface area contributed by atoms with Crippen molar-refractivity contribution in [3.05, 3.63) is 28.7 Å². The Hall–Kier alpha value is -1.87. The number of hydrogen-bond acceptors (Lipinski definition) is 5. The maximum absolute atomic E-state index is 11.3. The van der Waals surface area contributed by atoms with Crippen LogP contribution >= 0.6 is 27.7 Å². The van der Waals surface area contributed by atoms with Crippen molar-refractivity contribution in [3.8, 4) is 11.4 Å². The number of nitrogens with one attached hydrogen (secondary N) is 2. The summed E-state index contributed by atoms with van der Waals surface area (Å²) in [5.74, 6) is 0.112. The molecule has 0 radical (unpaired) electrons. The zero-order chi connectivity index (χ0) is 14.5. The average molecular weight is 356 g/mol. The van der Waals surface area contributed by atoms with E-state index >= 15 is 0 Å². The molecule has 0 saturated heterocycles. The first-order chi connectivity index (χ1) is 9.56. The van der Waals surface area contributed by atoms with E-state index in [2.05, 4.69) is 31.1 Å². The Bertz CT molecular complexity index is 645. The van der Waals surface area contributed by atoms with E-state index in [1.807, 2.05) is 29.6 Å². The van der Waals surface area contributed by atoms with Crippen LogP contribution < -0.4 is 11.1 Å². The van der Waals surface area contributed by atoms with Gasteiger partial charge in [0, 0.05) is 10.0 Å². The Morgan fingerprint density at radius 2 is 2.15 bits per heavy atom. The first kappa shape index (κ1) is 14.5. The van der Waals surface area contributed by atoms with Crippen LogP contribution in [0.5, 0.6) is 0 Å². The smallest absolute Gasteiger partial charge is 0.318 e. The fraction of sp³-hybridized carbons (Fsp3) is 0.0909. The van der Waals surface area contributed by atoms with E-state index in [1.165, 1.54) is 0 Å². The van der Waals surface area contributed by atoms with Crippen molar-refractivity contribution < 1.29 is 9.59 Å². The second-order valence-corrected chi connectivity index (χ2v) is 5.44. The molecule has 0 aliphatic heterocycles. The highest BCUT2D eigenvalue weighted by Gasteiger charge is 2.11. The molecule has 3 amide bonds. The number of rotatable bonds is 4. The molecule has 4 N–H and O–H groups in total. The van der Waals surface area contributed by atoms with Gasteiger partial charge in [-0.2, -0.15) is 0 Å². The summed E-state index contributed by atoms with van der Waals surface area (Å²) >= 11 is 4.52. The molecule has 1 aromatic heterocycles. The molecule has 0 spiro atoms. The van der Waals surface area contributed by atoms with Crippen LogP contribution in [0.2, 0.25) is 0 Å². The van der Waals surface area contributed by atoms with Gasteiger partial charge in [0.1, 0.15) is 0 Å². The van der Waals surface area contributed by atoms with E-state index < -0.39 is 11.9 Å². The molecule has 20 heavy (non-hydrogen) atoms. The molecule has 0 saturated carbocycles. The van der Waals surface area contributed by atoms with Gasteiger partial charge in [-0.3, -0.25) is 15.2 Å². The normalized spacial score (nSPS) is 10.2. The van der Waals surface area contributed by atoms with E-state index in [1.54, 1.807) is 0 Å². The number of H-pyrrole nitrogens is 1. The Labute approximate surface area is 126 Å². The predicted octanol–water partition coefficient (Wildman–Crippen LogP) is 1.52. The highest BCUT2D eigenvalue weighted by atomic mass is 79.9.